The molecule has 0 aromatic heterocycles. The minimum absolute atomic E-state index is 0.0617. The van der Waals surface area contributed by atoms with Gasteiger partial charge in [0.15, 0.2) is 20.8 Å². The summed E-state index contributed by atoms with van der Waals surface area (Å²) < 4.78 is 37.8. The van der Waals surface area contributed by atoms with Gasteiger partial charge < -0.3 is 14.8 Å². The van der Waals surface area contributed by atoms with E-state index in [0.717, 1.165) is 0 Å². The lowest BCUT2D eigenvalue weighted by molar-refractivity contribution is -0.132. The number of halogens is 1. The Labute approximate surface area is 162 Å². The average molecular weight is 408 g/mol. The first-order valence-corrected chi connectivity index (χ1v) is 10.3. The van der Waals surface area contributed by atoms with Gasteiger partial charge in [-0.15, -0.1) is 0 Å². The van der Waals surface area contributed by atoms with Crippen LogP contribution in [0.1, 0.15) is 24.8 Å². The Hall–Kier alpha value is -2.25. The van der Waals surface area contributed by atoms with Crippen LogP contribution in [-0.2, 0) is 14.6 Å². The maximum Gasteiger partial charge on any atom is 0.242 e. The topological polar surface area (TPSA) is 81.7 Å². The standard InChI is InChI=1S/C19H18ClNO5S/c1-19-10-15(14-9-12(25-2)5-8-16(14)26-19)17(18(22)21-19)27(23,24)13-6-3-11(20)4-7-13/h3-9,15,17H,10H2,1-2H3,(H,21,22)/t15-,17-,19-/m0/s1. The number of nitrogens with one attached hydrogen (secondary N) is 1. The summed E-state index contributed by atoms with van der Waals surface area (Å²) in [5, 5.41) is 1.90. The van der Waals surface area contributed by atoms with Gasteiger partial charge in [0.25, 0.3) is 0 Å². The fourth-order valence-corrected chi connectivity index (χ4v) is 5.79. The van der Waals surface area contributed by atoms with Crippen molar-refractivity contribution in [2.75, 3.05) is 7.11 Å². The molecule has 0 saturated carbocycles. The number of hydrogen-bond donors (Lipinski definition) is 1. The van der Waals surface area contributed by atoms with E-state index in [4.69, 9.17) is 21.1 Å². The Kier molecular flexibility index (Phi) is 4.12. The third kappa shape index (κ3) is 2.95. The van der Waals surface area contributed by atoms with Gasteiger partial charge in [0, 0.05) is 22.9 Å². The summed E-state index contributed by atoms with van der Waals surface area (Å²) in [6.45, 7) is 1.75. The summed E-state index contributed by atoms with van der Waals surface area (Å²) >= 11 is 5.87. The van der Waals surface area contributed by atoms with Crippen molar-refractivity contribution in [3.63, 3.8) is 0 Å². The lowest BCUT2D eigenvalue weighted by Crippen LogP contribution is -2.63. The number of sulfone groups is 1. The SMILES string of the molecule is COc1ccc2c(c1)[C@@H]1C[C@@](C)(NC(=O)[C@H]1S(=O)(=O)c1ccc(Cl)cc1)O2. The van der Waals surface area contributed by atoms with Crippen molar-refractivity contribution < 1.29 is 22.7 Å². The lowest BCUT2D eigenvalue weighted by atomic mass is 9.81. The highest BCUT2D eigenvalue weighted by Gasteiger charge is 2.54. The van der Waals surface area contributed by atoms with E-state index in [1.165, 1.54) is 31.4 Å². The van der Waals surface area contributed by atoms with Gasteiger partial charge in [0.05, 0.1) is 12.0 Å². The van der Waals surface area contributed by atoms with Crippen molar-refractivity contribution in [1.82, 2.24) is 5.32 Å². The Morgan fingerprint density at radius 1 is 1.22 bits per heavy atom. The number of hydrogen-bond acceptors (Lipinski definition) is 5. The number of methoxy groups -OCH3 is 1. The maximum atomic E-state index is 13.3. The molecule has 6 nitrogen and oxygen atoms in total. The normalized spacial score (nSPS) is 26.6. The molecule has 1 amide bonds. The number of carbonyl (C=O) groups excluding carboxylic acids is 1. The second kappa shape index (κ2) is 6.14. The van der Waals surface area contributed by atoms with E-state index in [1.54, 1.807) is 25.1 Å². The summed E-state index contributed by atoms with van der Waals surface area (Å²) in [5.74, 6) is 0.000815. The van der Waals surface area contributed by atoms with Crippen LogP contribution in [0.25, 0.3) is 0 Å². The largest absolute Gasteiger partial charge is 0.497 e. The van der Waals surface area contributed by atoms with Crippen molar-refractivity contribution in [2.24, 2.45) is 0 Å². The van der Waals surface area contributed by atoms with E-state index in [0.29, 0.717) is 28.5 Å². The molecular formula is C19H18ClNO5S. The number of amides is 1. The molecular weight excluding hydrogens is 390 g/mol. The van der Waals surface area contributed by atoms with Crippen molar-refractivity contribution >= 4 is 27.3 Å². The second-order valence-corrected chi connectivity index (χ2v) is 9.46. The Bertz CT molecular complexity index is 1020. The molecule has 2 aliphatic rings. The number of carbonyl (C=O) groups is 1. The highest BCUT2D eigenvalue weighted by Crippen LogP contribution is 2.48. The van der Waals surface area contributed by atoms with E-state index < -0.39 is 32.6 Å². The van der Waals surface area contributed by atoms with Gasteiger partial charge in [-0.3, -0.25) is 4.79 Å². The first-order valence-electron chi connectivity index (χ1n) is 8.42. The molecule has 1 fully saturated rings. The van der Waals surface area contributed by atoms with E-state index in [2.05, 4.69) is 5.32 Å². The molecule has 1 N–H and O–H groups in total. The molecule has 3 atom stereocenters. The zero-order valence-corrected chi connectivity index (χ0v) is 16.3. The molecule has 0 unspecified atom stereocenters. The third-order valence-corrected chi connectivity index (χ3v) is 7.44. The molecule has 2 aromatic carbocycles. The number of fused-ring (bicyclic) bond motifs is 4. The van der Waals surface area contributed by atoms with Crippen LogP contribution in [0.3, 0.4) is 0 Å². The van der Waals surface area contributed by atoms with Crippen LogP contribution in [0, 0.1) is 0 Å². The van der Waals surface area contributed by atoms with Gasteiger partial charge in [0.2, 0.25) is 5.91 Å². The van der Waals surface area contributed by atoms with Gasteiger partial charge in [-0.2, -0.15) is 0 Å². The predicted octanol–water partition coefficient (Wildman–Crippen LogP) is 2.90. The second-order valence-electron chi connectivity index (χ2n) is 6.96. The molecule has 0 radical (unpaired) electrons. The smallest absolute Gasteiger partial charge is 0.242 e. The molecule has 0 spiro atoms. The Morgan fingerprint density at radius 2 is 1.93 bits per heavy atom. The van der Waals surface area contributed by atoms with Crippen molar-refractivity contribution in [2.45, 2.75) is 35.1 Å². The third-order valence-electron chi connectivity index (χ3n) is 5.05. The number of rotatable bonds is 3. The Morgan fingerprint density at radius 3 is 2.59 bits per heavy atom. The van der Waals surface area contributed by atoms with E-state index in [1.807, 2.05) is 0 Å². The minimum Gasteiger partial charge on any atom is -0.497 e. The van der Waals surface area contributed by atoms with Gasteiger partial charge in [-0.05, 0) is 49.4 Å². The van der Waals surface area contributed by atoms with Crippen LogP contribution in [0.4, 0.5) is 0 Å². The molecule has 2 bridgehead atoms. The summed E-state index contributed by atoms with van der Waals surface area (Å²) in [7, 11) is -2.40. The van der Waals surface area contributed by atoms with E-state index in [-0.39, 0.29) is 4.90 Å². The van der Waals surface area contributed by atoms with Crippen LogP contribution >= 0.6 is 11.6 Å². The van der Waals surface area contributed by atoms with Crippen LogP contribution in [-0.4, -0.2) is 32.4 Å². The van der Waals surface area contributed by atoms with Crippen LogP contribution in [0.5, 0.6) is 11.5 Å². The average Bonchev–Trinajstić information content (AvgIpc) is 2.60. The molecule has 2 aliphatic heterocycles. The molecule has 2 aromatic rings. The van der Waals surface area contributed by atoms with Crippen LogP contribution in [0.2, 0.25) is 5.02 Å². The monoisotopic (exact) mass is 407 g/mol. The Balaban J connectivity index is 1.86. The lowest BCUT2D eigenvalue weighted by Gasteiger charge is -2.46. The van der Waals surface area contributed by atoms with Gasteiger partial charge >= 0.3 is 0 Å². The number of ether oxygens (including phenoxy) is 2. The fourth-order valence-electron chi connectivity index (χ4n) is 3.84. The summed E-state index contributed by atoms with van der Waals surface area (Å²) in [5.41, 5.74) is -0.292. The van der Waals surface area contributed by atoms with E-state index >= 15 is 0 Å². The predicted molar refractivity (Wildman–Crippen MR) is 100.0 cm³/mol. The molecule has 4 rings (SSSR count). The molecule has 0 aliphatic carbocycles. The first kappa shape index (κ1) is 18.1. The molecule has 8 heteroatoms. The molecule has 142 valence electrons. The van der Waals surface area contributed by atoms with Crippen molar-refractivity contribution in [3.05, 3.63) is 53.1 Å². The van der Waals surface area contributed by atoms with E-state index in [9.17, 15) is 13.2 Å². The zero-order chi connectivity index (χ0) is 19.4. The highest BCUT2D eigenvalue weighted by molar-refractivity contribution is 7.92. The minimum atomic E-state index is -3.93. The fraction of sp³-hybridized carbons (Fsp3) is 0.316. The van der Waals surface area contributed by atoms with Gasteiger partial charge in [-0.1, -0.05) is 11.6 Å². The first-order chi connectivity index (χ1) is 12.7. The van der Waals surface area contributed by atoms with Crippen molar-refractivity contribution in [1.29, 1.82) is 0 Å². The van der Waals surface area contributed by atoms with Crippen LogP contribution in [0.15, 0.2) is 47.4 Å². The molecule has 27 heavy (non-hydrogen) atoms. The zero-order valence-electron chi connectivity index (χ0n) is 14.7. The quantitative estimate of drug-likeness (QED) is 0.846. The summed E-state index contributed by atoms with van der Waals surface area (Å²) in [6, 6.07) is 11.1. The molecule has 1 saturated heterocycles. The van der Waals surface area contributed by atoms with Gasteiger partial charge in [0.1, 0.15) is 11.5 Å². The summed E-state index contributed by atoms with van der Waals surface area (Å²) in [4.78, 5) is 12.9. The highest BCUT2D eigenvalue weighted by atomic mass is 35.5. The number of piperidine rings is 1. The molecule has 2 heterocycles. The number of benzene rings is 2. The maximum absolute atomic E-state index is 13.3. The van der Waals surface area contributed by atoms with Crippen LogP contribution < -0.4 is 14.8 Å². The van der Waals surface area contributed by atoms with Crippen molar-refractivity contribution in [3.8, 4) is 11.5 Å². The van der Waals surface area contributed by atoms with Gasteiger partial charge in [-0.25, -0.2) is 8.42 Å². The summed E-state index contributed by atoms with van der Waals surface area (Å²) in [6.07, 6.45) is 0.344.